The molecule has 3 aromatic carbocycles. The number of rotatable bonds is 19. The van der Waals surface area contributed by atoms with Crippen molar-refractivity contribution in [2.24, 2.45) is 0 Å². The van der Waals surface area contributed by atoms with Crippen molar-refractivity contribution in [1.82, 2.24) is 19.8 Å². The van der Waals surface area contributed by atoms with Gasteiger partial charge in [0, 0.05) is 42.9 Å². The van der Waals surface area contributed by atoms with E-state index in [1.807, 2.05) is 48.5 Å². The van der Waals surface area contributed by atoms with Gasteiger partial charge in [-0.2, -0.15) is 0 Å². The van der Waals surface area contributed by atoms with Crippen LogP contribution < -0.4 is 10.2 Å². The number of imidazole rings is 1. The van der Waals surface area contributed by atoms with Crippen LogP contribution in [0.1, 0.15) is 112 Å². The number of benzene rings is 3. The summed E-state index contributed by atoms with van der Waals surface area (Å²) in [5, 5.41) is 10.9. The number of nitrogens with zero attached hydrogens (tertiary/aromatic N) is 4. The highest BCUT2D eigenvalue weighted by Crippen LogP contribution is 2.33. The molecular formula is C44H56N6O7. The number of esters is 1. The summed E-state index contributed by atoms with van der Waals surface area (Å²) in [7, 11) is 0. The lowest BCUT2D eigenvalue weighted by molar-refractivity contribution is -0.142. The Labute approximate surface area is 335 Å². The summed E-state index contributed by atoms with van der Waals surface area (Å²) in [5.74, 6) is -0.0454. The van der Waals surface area contributed by atoms with Crippen LogP contribution in [-0.4, -0.2) is 77.3 Å². The zero-order valence-corrected chi connectivity index (χ0v) is 33.5. The van der Waals surface area contributed by atoms with Crippen LogP contribution >= 0.6 is 0 Å². The molecule has 0 radical (unpaired) electrons. The molecule has 0 aliphatic carbocycles. The number of ether oxygens (including phenoxy) is 3. The molecule has 3 amide bonds. The third-order valence-electron chi connectivity index (χ3n) is 10.0. The Hall–Kier alpha value is -5.72. The van der Waals surface area contributed by atoms with Gasteiger partial charge in [0.05, 0.1) is 43.3 Å². The molecule has 1 aromatic heterocycles. The van der Waals surface area contributed by atoms with Crippen molar-refractivity contribution in [3.8, 4) is 0 Å². The van der Waals surface area contributed by atoms with Crippen molar-refractivity contribution in [2.75, 3.05) is 37.8 Å². The highest BCUT2D eigenvalue weighted by Gasteiger charge is 2.35. The minimum atomic E-state index is -0.653. The van der Waals surface area contributed by atoms with E-state index >= 15 is 0 Å². The number of amidine groups is 1. The molecule has 1 aliphatic rings. The van der Waals surface area contributed by atoms with Gasteiger partial charge in [-0.05, 0) is 55.7 Å². The van der Waals surface area contributed by atoms with E-state index < -0.39 is 18.2 Å². The molecule has 0 saturated carbocycles. The SMILES string of the molecule is CCCCCCOC(=O)NC(=N)c1ccc(CC2c3nc4cc(C(=O)N(CCC(=O)OCC)c5ccccc5)ccc4n3CCN2C(=O)OCCCCCC)cc1. The lowest BCUT2D eigenvalue weighted by Gasteiger charge is -2.35. The third-order valence-corrected chi connectivity index (χ3v) is 10.0. The summed E-state index contributed by atoms with van der Waals surface area (Å²) in [4.78, 5) is 60.6. The molecule has 1 atom stereocenters. The Morgan fingerprint density at radius 1 is 0.807 bits per heavy atom. The second kappa shape index (κ2) is 21.5. The molecule has 13 nitrogen and oxygen atoms in total. The van der Waals surface area contributed by atoms with Gasteiger partial charge in [0.1, 0.15) is 11.7 Å². The molecule has 0 fully saturated rings. The predicted molar refractivity (Wildman–Crippen MR) is 220 cm³/mol. The predicted octanol–water partition coefficient (Wildman–Crippen LogP) is 8.58. The molecule has 4 aromatic rings. The van der Waals surface area contributed by atoms with E-state index in [1.54, 1.807) is 41.0 Å². The van der Waals surface area contributed by atoms with Gasteiger partial charge in [0.25, 0.3) is 5.91 Å². The van der Waals surface area contributed by atoms with Crippen LogP contribution in [0.3, 0.4) is 0 Å². The molecule has 2 heterocycles. The maximum atomic E-state index is 14.1. The highest BCUT2D eigenvalue weighted by molar-refractivity contribution is 6.08. The Balaban J connectivity index is 1.38. The monoisotopic (exact) mass is 780 g/mol. The molecule has 13 heteroatoms. The summed E-state index contributed by atoms with van der Waals surface area (Å²) < 4.78 is 18.2. The average molecular weight is 781 g/mol. The average Bonchev–Trinajstić information content (AvgIpc) is 3.60. The zero-order valence-electron chi connectivity index (χ0n) is 33.5. The lowest BCUT2D eigenvalue weighted by Crippen LogP contribution is -2.43. The number of carbonyl (C=O) groups is 4. The Bertz CT molecular complexity index is 1960. The van der Waals surface area contributed by atoms with E-state index in [9.17, 15) is 19.2 Å². The van der Waals surface area contributed by atoms with Crippen LogP contribution in [-0.2, 0) is 32.0 Å². The fourth-order valence-electron chi connectivity index (χ4n) is 6.95. The van der Waals surface area contributed by atoms with Crippen LogP contribution in [0.2, 0.25) is 0 Å². The Kier molecular flexibility index (Phi) is 16.0. The van der Waals surface area contributed by atoms with Crippen LogP contribution in [0, 0.1) is 5.41 Å². The van der Waals surface area contributed by atoms with E-state index in [0.717, 1.165) is 62.4 Å². The standard InChI is InChI=1S/C44H56N6O7/c1-4-7-9-14-28-56-43(53)47-40(45)33-20-18-32(19-21-33)30-38-41-46-36-31-34(42(52)48(25-24-39(51)55-6-3)35-16-12-11-13-17-35)22-23-37(36)49(41)26-27-50(38)44(54)57-29-15-10-8-5-2/h11-13,16-23,31,38H,4-10,14-15,24-30H2,1-3H3,(H2,45,47,53). The second-order valence-electron chi connectivity index (χ2n) is 14.2. The van der Waals surface area contributed by atoms with Crippen LogP contribution in [0.25, 0.3) is 11.0 Å². The molecule has 57 heavy (non-hydrogen) atoms. The molecule has 0 saturated heterocycles. The molecule has 0 bridgehead atoms. The first-order chi connectivity index (χ1) is 27.7. The number of anilines is 1. The largest absolute Gasteiger partial charge is 0.466 e. The minimum Gasteiger partial charge on any atom is -0.466 e. The number of nitrogens with one attached hydrogen (secondary N) is 2. The number of fused-ring (bicyclic) bond motifs is 3. The van der Waals surface area contributed by atoms with Crippen molar-refractivity contribution in [3.05, 3.63) is 95.3 Å². The normalized spacial score (nSPS) is 13.5. The topological polar surface area (TPSA) is 156 Å². The van der Waals surface area contributed by atoms with Crippen LogP contribution in [0.4, 0.5) is 15.3 Å². The number of hydrogen-bond donors (Lipinski definition) is 2. The summed E-state index contributed by atoms with van der Waals surface area (Å²) in [6, 6.07) is 21.4. The molecule has 1 unspecified atom stereocenters. The zero-order chi connectivity index (χ0) is 40.6. The maximum absolute atomic E-state index is 14.1. The second-order valence-corrected chi connectivity index (χ2v) is 14.2. The smallest absolute Gasteiger partial charge is 0.412 e. The van der Waals surface area contributed by atoms with E-state index in [2.05, 4.69) is 23.7 Å². The van der Waals surface area contributed by atoms with Gasteiger partial charge >= 0.3 is 18.2 Å². The van der Waals surface area contributed by atoms with E-state index in [1.165, 1.54) is 0 Å². The fourth-order valence-corrected chi connectivity index (χ4v) is 6.95. The van der Waals surface area contributed by atoms with Gasteiger partial charge < -0.3 is 23.7 Å². The Morgan fingerprint density at radius 2 is 1.49 bits per heavy atom. The van der Waals surface area contributed by atoms with E-state index in [4.69, 9.17) is 24.6 Å². The van der Waals surface area contributed by atoms with Crippen molar-refractivity contribution < 1.29 is 33.4 Å². The van der Waals surface area contributed by atoms with Gasteiger partial charge in [0.2, 0.25) is 0 Å². The summed E-state index contributed by atoms with van der Waals surface area (Å²) in [6.45, 7) is 7.95. The number of alkyl carbamates (subject to hydrolysis) is 1. The van der Waals surface area contributed by atoms with Crippen molar-refractivity contribution in [1.29, 1.82) is 5.41 Å². The van der Waals surface area contributed by atoms with E-state index in [0.29, 0.717) is 60.9 Å². The number of carbonyl (C=O) groups excluding carboxylic acids is 4. The maximum Gasteiger partial charge on any atom is 0.412 e. The quantitative estimate of drug-likeness (QED) is 0.0315. The molecule has 304 valence electrons. The number of para-hydroxylation sites is 1. The number of hydrogen-bond acceptors (Lipinski definition) is 9. The molecule has 1 aliphatic heterocycles. The first-order valence-corrected chi connectivity index (χ1v) is 20.3. The number of unbranched alkanes of at least 4 members (excludes halogenated alkanes) is 6. The van der Waals surface area contributed by atoms with Gasteiger partial charge in [-0.25, -0.2) is 14.6 Å². The third kappa shape index (κ3) is 11.7. The van der Waals surface area contributed by atoms with E-state index in [-0.39, 0.29) is 37.3 Å². The highest BCUT2D eigenvalue weighted by atomic mass is 16.6. The summed E-state index contributed by atoms with van der Waals surface area (Å²) in [6.07, 6.45) is 7.30. The Morgan fingerprint density at radius 3 is 2.18 bits per heavy atom. The van der Waals surface area contributed by atoms with Gasteiger partial charge in [0.15, 0.2) is 0 Å². The van der Waals surface area contributed by atoms with Crippen molar-refractivity contribution >= 4 is 46.6 Å². The first-order valence-electron chi connectivity index (χ1n) is 20.3. The lowest BCUT2D eigenvalue weighted by atomic mass is 10.0. The number of aromatic nitrogens is 2. The van der Waals surface area contributed by atoms with Gasteiger partial charge in [-0.3, -0.25) is 25.2 Å². The fraction of sp³-hybridized carbons (Fsp3) is 0.455. The molecule has 2 N–H and O–H groups in total. The first kappa shape index (κ1) is 42.4. The molecule has 0 spiro atoms. The van der Waals surface area contributed by atoms with Gasteiger partial charge in [-0.15, -0.1) is 0 Å². The van der Waals surface area contributed by atoms with Crippen molar-refractivity contribution in [3.63, 3.8) is 0 Å². The summed E-state index contributed by atoms with van der Waals surface area (Å²) >= 11 is 0. The summed E-state index contributed by atoms with van der Waals surface area (Å²) in [5.41, 5.74) is 3.94. The molecular weight excluding hydrogens is 725 g/mol. The minimum absolute atomic E-state index is 0.0477. The van der Waals surface area contributed by atoms with Gasteiger partial charge in [-0.1, -0.05) is 94.8 Å². The number of amides is 3. The van der Waals surface area contributed by atoms with Crippen LogP contribution in [0.5, 0.6) is 0 Å². The van der Waals surface area contributed by atoms with Crippen molar-refractivity contribution in [2.45, 2.75) is 97.6 Å². The molecule has 5 rings (SSSR count). The van der Waals surface area contributed by atoms with Crippen LogP contribution in [0.15, 0.2) is 72.8 Å².